The quantitative estimate of drug-likeness (QED) is 0.906. The minimum absolute atomic E-state index is 0.00923. The average Bonchev–Trinajstić information content (AvgIpc) is 2.95. The molecule has 1 heterocycles. The third-order valence-electron chi connectivity index (χ3n) is 3.89. The van der Waals surface area contributed by atoms with E-state index in [9.17, 15) is 14.0 Å². The molecule has 0 aliphatic carbocycles. The molecule has 3 amide bonds. The minimum Gasteiger partial charge on any atom is -0.334 e. The van der Waals surface area contributed by atoms with Crippen LogP contribution in [-0.4, -0.2) is 24.5 Å². The van der Waals surface area contributed by atoms with Gasteiger partial charge in [-0.15, -0.1) is 0 Å². The van der Waals surface area contributed by atoms with Gasteiger partial charge in [0.25, 0.3) is 0 Å². The van der Waals surface area contributed by atoms with E-state index in [4.69, 9.17) is 0 Å². The number of halogens is 1. The van der Waals surface area contributed by atoms with E-state index in [0.29, 0.717) is 13.1 Å². The molecule has 1 fully saturated rings. The Morgan fingerprint density at radius 1 is 1.12 bits per heavy atom. The van der Waals surface area contributed by atoms with Gasteiger partial charge in [-0.05, 0) is 29.8 Å². The summed E-state index contributed by atoms with van der Waals surface area (Å²) in [5.74, 6) is -0.321. The zero-order valence-corrected chi connectivity index (χ0v) is 13.0. The highest BCUT2D eigenvalue weighted by Gasteiger charge is 2.31. The van der Waals surface area contributed by atoms with Gasteiger partial charge in [-0.2, -0.15) is 0 Å². The van der Waals surface area contributed by atoms with Crippen LogP contribution >= 0.6 is 0 Å². The summed E-state index contributed by atoms with van der Waals surface area (Å²) in [6, 6.07) is 14.7. The number of nitrogens with one attached hydrogen (secondary N) is 2. The molecule has 2 N–H and O–H groups in total. The van der Waals surface area contributed by atoms with Gasteiger partial charge in [0.05, 0.1) is 6.04 Å². The first-order valence-corrected chi connectivity index (χ1v) is 7.76. The number of amides is 3. The lowest BCUT2D eigenvalue weighted by atomic mass is 10.2. The summed E-state index contributed by atoms with van der Waals surface area (Å²) in [7, 11) is 0. The third kappa shape index (κ3) is 3.90. The van der Waals surface area contributed by atoms with Gasteiger partial charge in [0.2, 0.25) is 5.91 Å². The molecule has 0 spiro atoms. The second-order valence-electron chi connectivity index (χ2n) is 5.69. The molecule has 3 rings (SSSR count). The lowest BCUT2D eigenvalue weighted by Gasteiger charge is -2.17. The van der Waals surface area contributed by atoms with Crippen molar-refractivity contribution in [1.82, 2.24) is 10.6 Å². The molecule has 1 atom stereocenters. The number of hydrogen-bond acceptors (Lipinski definition) is 2. The Hall–Kier alpha value is -2.89. The summed E-state index contributed by atoms with van der Waals surface area (Å²) in [5.41, 5.74) is 1.64. The molecule has 124 valence electrons. The number of hydrogen-bond donors (Lipinski definition) is 2. The predicted molar refractivity (Wildman–Crippen MR) is 89.0 cm³/mol. The molecule has 0 bridgehead atoms. The zero-order valence-electron chi connectivity index (χ0n) is 13.0. The summed E-state index contributed by atoms with van der Waals surface area (Å²) < 4.78 is 12.8. The predicted octanol–water partition coefficient (Wildman–Crippen LogP) is 2.43. The first-order valence-electron chi connectivity index (χ1n) is 7.76. The van der Waals surface area contributed by atoms with E-state index in [0.717, 1.165) is 11.3 Å². The number of carbonyl (C=O) groups excluding carboxylic acids is 2. The van der Waals surface area contributed by atoms with Gasteiger partial charge in [-0.1, -0.05) is 30.3 Å². The van der Waals surface area contributed by atoms with Gasteiger partial charge >= 0.3 is 6.03 Å². The molecule has 0 saturated carbocycles. The number of rotatable bonds is 4. The van der Waals surface area contributed by atoms with E-state index in [-0.39, 0.29) is 30.2 Å². The van der Waals surface area contributed by atoms with Gasteiger partial charge in [0, 0.05) is 25.2 Å². The van der Waals surface area contributed by atoms with Crippen LogP contribution in [0.15, 0.2) is 54.6 Å². The fourth-order valence-corrected chi connectivity index (χ4v) is 2.68. The topological polar surface area (TPSA) is 61.4 Å². The maximum absolute atomic E-state index is 12.8. The molecule has 1 aliphatic heterocycles. The van der Waals surface area contributed by atoms with Crippen LogP contribution in [0.4, 0.5) is 14.9 Å². The Labute approximate surface area is 139 Å². The monoisotopic (exact) mass is 327 g/mol. The van der Waals surface area contributed by atoms with Crippen LogP contribution in [0.3, 0.4) is 0 Å². The van der Waals surface area contributed by atoms with E-state index < -0.39 is 0 Å². The number of anilines is 1. The first-order chi connectivity index (χ1) is 11.6. The summed E-state index contributed by atoms with van der Waals surface area (Å²) >= 11 is 0. The molecule has 1 saturated heterocycles. The number of carbonyl (C=O) groups is 2. The molecular weight excluding hydrogens is 309 g/mol. The molecule has 0 radical (unpaired) electrons. The van der Waals surface area contributed by atoms with Crippen molar-refractivity contribution in [3.63, 3.8) is 0 Å². The first kappa shape index (κ1) is 16.0. The molecule has 2 aromatic carbocycles. The van der Waals surface area contributed by atoms with Crippen molar-refractivity contribution in [2.24, 2.45) is 0 Å². The Kier molecular flexibility index (Phi) is 4.74. The number of nitrogens with zero attached hydrogens (tertiary/aromatic N) is 1. The SMILES string of the molecule is O=C(NCc1ccc(F)cc1)N[C@H]1CC(=O)N(c2ccccc2)C1. The van der Waals surface area contributed by atoms with Gasteiger partial charge in [-0.25, -0.2) is 9.18 Å². The molecule has 0 aromatic heterocycles. The molecule has 0 unspecified atom stereocenters. The summed E-state index contributed by atoms with van der Waals surface area (Å²) in [6.07, 6.45) is 0.277. The van der Waals surface area contributed by atoms with Crippen molar-refractivity contribution >= 4 is 17.6 Å². The average molecular weight is 327 g/mol. The van der Waals surface area contributed by atoms with Crippen molar-refractivity contribution in [1.29, 1.82) is 0 Å². The Bertz CT molecular complexity index is 719. The Morgan fingerprint density at radius 2 is 1.83 bits per heavy atom. The second kappa shape index (κ2) is 7.12. The highest BCUT2D eigenvalue weighted by Crippen LogP contribution is 2.20. The molecule has 1 aliphatic rings. The second-order valence-corrected chi connectivity index (χ2v) is 5.69. The van der Waals surface area contributed by atoms with E-state index in [1.165, 1.54) is 12.1 Å². The molecule has 2 aromatic rings. The van der Waals surface area contributed by atoms with Crippen LogP contribution < -0.4 is 15.5 Å². The summed E-state index contributed by atoms with van der Waals surface area (Å²) in [6.45, 7) is 0.752. The maximum atomic E-state index is 12.8. The summed E-state index contributed by atoms with van der Waals surface area (Å²) in [4.78, 5) is 25.7. The lowest BCUT2D eigenvalue weighted by Crippen LogP contribution is -2.43. The van der Waals surface area contributed by atoms with E-state index >= 15 is 0 Å². The van der Waals surface area contributed by atoms with Gasteiger partial charge in [0.15, 0.2) is 0 Å². The molecule has 24 heavy (non-hydrogen) atoms. The largest absolute Gasteiger partial charge is 0.334 e. The van der Waals surface area contributed by atoms with Crippen molar-refractivity contribution in [3.05, 3.63) is 66.0 Å². The van der Waals surface area contributed by atoms with E-state index in [1.807, 2.05) is 30.3 Å². The van der Waals surface area contributed by atoms with Gasteiger partial charge < -0.3 is 15.5 Å². The van der Waals surface area contributed by atoms with Crippen LogP contribution in [0.25, 0.3) is 0 Å². The fourth-order valence-electron chi connectivity index (χ4n) is 2.68. The lowest BCUT2D eigenvalue weighted by molar-refractivity contribution is -0.117. The molecular formula is C18H18FN3O2. The van der Waals surface area contributed by atoms with E-state index in [1.54, 1.807) is 17.0 Å². The standard InChI is InChI=1S/C18H18FN3O2/c19-14-8-6-13(7-9-14)11-20-18(24)21-15-10-17(23)22(12-15)16-4-2-1-3-5-16/h1-9,15H,10-12H2,(H2,20,21,24)/t15-/m0/s1. The number of para-hydroxylation sites is 1. The zero-order chi connectivity index (χ0) is 16.9. The van der Waals surface area contributed by atoms with Crippen LogP contribution in [0.1, 0.15) is 12.0 Å². The van der Waals surface area contributed by atoms with Crippen LogP contribution in [0.5, 0.6) is 0 Å². The van der Waals surface area contributed by atoms with Crippen LogP contribution in [0, 0.1) is 5.82 Å². The van der Waals surface area contributed by atoms with E-state index in [2.05, 4.69) is 10.6 Å². The van der Waals surface area contributed by atoms with Crippen molar-refractivity contribution in [3.8, 4) is 0 Å². The third-order valence-corrected chi connectivity index (χ3v) is 3.89. The Morgan fingerprint density at radius 3 is 2.54 bits per heavy atom. The van der Waals surface area contributed by atoms with Gasteiger partial charge in [-0.3, -0.25) is 4.79 Å². The summed E-state index contributed by atoms with van der Waals surface area (Å²) in [5, 5.41) is 5.52. The number of benzene rings is 2. The highest BCUT2D eigenvalue weighted by molar-refractivity contribution is 5.96. The number of urea groups is 1. The van der Waals surface area contributed by atoms with Crippen molar-refractivity contribution < 1.29 is 14.0 Å². The van der Waals surface area contributed by atoms with Crippen LogP contribution in [0.2, 0.25) is 0 Å². The minimum atomic E-state index is -0.341. The smallest absolute Gasteiger partial charge is 0.315 e. The fraction of sp³-hybridized carbons (Fsp3) is 0.222. The highest BCUT2D eigenvalue weighted by atomic mass is 19.1. The van der Waals surface area contributed by atoms with Crippen LogP contribution in [-0.2, 0) is 11.3 Å². The normalized spacial score (nSPS) is 17.0. The molecule has 5 nitrogen and oxygen atoms in total. The Balaban J connectivity index is 1.50. The van der Waals surface area contributed by atoms with Gasteiger partial charge in [0.1, 0.15) is 5.82 Å². The van der Waals surface area contributed by atoms with Crippen molar-refractivity contribution in [2.45, 2.75) is 19.0 Å². The maximum Gasteiger partial charge on any atom is 0.315 e. The molecule has 6 heteroatoms. The van der Waals surface area contributed by atoms with Crippen molar-refractivity contribution in [2.75, 3.05) is 11.4 Å².